The molecule has 2 nitrogen and oxygen atoms in total. The average molecular weight is 281 g/mol. The van der Waals surface area contributed by atoms with Gasteiger partial charge in [-0.15, -0.1) is 0 Å². The summed E-state index contributed by atoms with van der Waals surface area (Å²) in [6.07, 6.45) is 0. The van der Waals surface area contributed by atoms with Gasteiger partial charge >= 0.3 is 0 Å². The van der Waals surface area contributed by atoms with Crippen LogP contribution in [0.1, 0.15) is 5.56 Å². The summed E-state index contributed by atoms with van der Waals surface area (Å²) >= 11 is 11.8. The summed E-state index contributed by atoms with van der Waals surface area (Å²) in [6, 6.07) is 11.2. The summed E-state index contributed by atoms with van der Waals surface area (Å²) in [6.45, 7) is 0. The molecule has 0 saturated heterocycles. The minimum atomic E-state index is -0.499. The molecule has 5 heteroatoms. The predicted molar refractivity (Wildman–Crippen MR) is 70.9 cm³/mol. The average Bonchev–Trinajstić information content (AvgIpc) is 2.34. The molecule has 0 aliphatic carbocycles. The smallest absolute Gasteiger partial charge is 0.126 e. The van der Waals surface area contributed by atoms with Crippen LogP contribution in [0.3, 0.4) is 0 Å². The lowest BCUT2D eigenvalue weighted by atomic mass is 10.2. The van der Waals surface area contributed by atoms with E-state index in [4.69, 9.17) is 28.5 Å². The van der Waals surface area contributed by atoms with Gasteiger partial charge in [-0.1, -0.05) is 29.3 Å². The lowest BCUT2D eigenvalue weighted by molar-refractivity contribution is 0.628. The topological polar surface area (TPSA) is 35.8 Å². The quantitative estimate of drug-likeness (QED) is 0.862. The second-order valence-corrected chi connectivity index (χ2v) is 4.38. The van der Waals surface area contributed by atoms with Crippen LogP contribution in [-0.4, -0.2) is 0 Å². The number of hydrogen-bond acceptors (Lipinski definition) is 2. The number of benzene rings is 2. The van der Waals surface area contributed by atoms with E-state index >= 15 is 0 Å². The van der Waals surface area contributed by atoms with Gasteiger partial charge in [0.25, 0.3) is 0 Å². The summed E-state index contributed by atoms with van der Waals surface area (Å²) in [5, 5.41) is 12.1. The van der Waals surface area contributed by atoms with Crippen LogP contribution in [-0.2, 0) is 0 Å². The first-order valence-corrected chi connectivity index (χ1v) is 5.77. The molecule has 90 valence electrons. The van der Waals surface area contributed by atoms with Gasteiger partial charge in [-0.05, 0) is 30.3 Å². The number of anilines is 2. The van der Waals surface area contributed by atoms with E-state index in [1.54, 1.807) is 24.3 Å². The van der Waals surface area contributed by atoms with Crippen LogP contribution < -0.4 is 5.32 Å². The SMILES string of the molecule is N#Cc1cccc(Nc2c(Cl)cc(F)cc2Cl)c1. The Morgan fingerprint density at radius 3 is 2.39 bits per heavy atom. The third-order valence-corrected chi connectivity index (χ3v) is 2.86. The molecule has 1 N–H and O–H groups in total. The number of halogens is 3. The van der Waals surface area contributed by atoms with Crippen LogP contribution in [0.4, 0.5) is 15.8 Å². The molecule has 0 aliphatic rings. The van der Waals surface area contributed by atoms with Gasteiger partial charge in [-0.3, -0.25) is 0 Å². The van der Waals surface area contributed by atoms with Crippen LogP contribution in [0.2, 0.25) is 10.0 Å². The Kier molecular flexibility index (Phi) is 3.71. The highest BCUT2D eigenvalue weighted by Gasteiger charge is 2.08. The second kappa shape index (κ2) is 5.26. The molecule has 0 aromatic heterocycles. The van der Waals surface area contributed by atoms with Crippen molar-refractivity contribution in [2.45, 2.75) is 0 Å². The zero-order valence-electron chi connectivity index (χ0n) is 9.05. The van der Waals surface area contributed by atoms with Crippen molar-refractivity contribution in [2.75, 3.05) is 5.32 Å². The zero-order valence-corrected chi connectivity index (χ0v) is 10.6. The standard InChI is InChI=1S/C13H7Cl2FN2/c14-11-5-9(16)6-12(15)13(11)18-10-3-1-2-8(4-10)7-17/h1-6,18H. The van der Waals surface area contributed by atoms with Gasteiger partial charge in [0, 0.05) is 5.69 Å². The van der Waals surface area contributed by atoms with Crippen molar-refractivity contribution >= 4 is 34.6 Å². The van der Waals surface area contributed by atoms with E-state index in [-0.39, 0.29) is 10.0 Å². The molecule has 0 spiro atoms. The number of nitrogens with one attached hydrogen (secondary N) is 1. The molecule has 0 aliphatic heterocycles. The van der Waals surface area contributed by atoms with Gasteiger partial charge in [0.1, 0.15) is 5.82 Å². The lowest BCUT2D eigenvalue weighted by Crippen LogP contribution is -1.93. The van der Waals surface area contributed by atoms with Crippen molar-refractivity contribution in [1.82, 2.24) is 0 Å². The third-order valence-electron chi connectivity index (χ3n) is 2.27. The monoisotopic (exact) mass is 280 g/mol. The van der Waals surface area contributed by atoms with Crippen molar-refractivity contribution < 1.29 is 4.39 Å². The lowest BCUT2D eigenvalue weighted by Gasteiger charge is -2.10. The fraction of sp³-hybridized carbons (Fsp3) is 0. The molecule has 0 heterocycles. The van der Waals surface area contributed by atoms with E-state index in [0.29, 0.717) is 16.9 Å². The normalized spacial score (nSPS) is 9.89. The van der Waals surface area contributed by atoms with Gasteiger partial charge < -0.3 is 5.32 Å². The maximum absolute atomic E-state index is 13.0. The Labute approximate surface area is 114 Å². The molecular formula is C13H7Cl2FN2. The highest BCUT2D eigenvalue weighted by atomic mass is 35.5. The first-order chi connectivity index (χ1) is 8.60. The van der Waals surface area contributed by atoms with Gasteiger partial charge in [-0.2, -0.15) is 5.26 Å². The fourth-order valence-corrected chi connectivity index (χ4v) is 2.03. The van der Waals surface area contributed by atoms with Crippen LogP contribution in [0.15, 0.2) is 36.4 Å². The van der Waals surface area contributed by atoms with E-state index in [1.807, 2.05) is 6.07 Å². The van der Waals surface area contributed by atoms with E-state index in [1.165, 1.54) is 12.1 Å². The summed E-state index contributed by atoms with van der Waals surface area (Å²) in [4.78, 5) is 0. The maximum Gasteiger partial charge on any atom is 0.126 e. The van der Waals surface area contributed by atoms with Gasteiger partial charge in [0.15, 0.2) is 0 Å². The van der Waals surface area contributed by atoms with Crippen LogP contribution in [0, 0.1) is 17.1 Å². The van der Waals surface area contributed by atoms with E-state index in [9.17, 15) is 4.39 Å². The Morgan fingerprint density at radius 2 is 1.78 bits per heavy atom. The van der Waals surface area contributed by atoms with E-state index < -0.39 is 5.82 Å². The molecule has 0 bridgehead atoms. The Bertz CT molecular complexity index is 612. The van der Waals surface area contributed by atoms with Gasteiger partial charge in [0.05, 0.1) is 27.4 Å². The van der Waals surface area contributed by atoms with Gasteiger partial charge in [-0.25, -0.2) is 4.39 Å². The third kappa shape index (κ3) is 2.73. The molecule has 0 amide bonds. The van der Waals surface area contributed by atoms with E-state index in [2.05, 4.69) is 5.32 Å². The number of nitrogens with zero attached hydrogens (tertiary/aromatic N) is 1. The summed E-state index contributed by atoms with van der Waals surface area (Å²) < 4.78 is 13.0. The highest BCUT2D eigenvalue weighted by molar-refractivity contribution is 6.39. The highest BCUT2D eigenvalue weighted by Crippen LogP contribution is 2.33. The number of rotatable bonds is 2. The molecular weight excluding hydrogens is 274 g/mol. The largest absolute Gasteiger partial charge is 0.353 e. The van der Waals surface area contributed by atoms with Crippen molar-refractivity contribution in [1.29, 1.82) is 5.26 Å². The molecule has 2 rings (SSSR count). The minimum Gasteiger partial charge on any atom is -0.353 e. The molecule has 18 heavy (non-hydrogen) atoms. The molecule has 0 atom stereocenters. The van der Waals surface area contributed by atoms with Crippen molar-refractivity contribution in [3.63, 3.8) is 0 Å². The van der Waals surface area contributed by atoms with Crippen molar-refractivity contribution in [2.24, 2.45) is 0 Å². The summed E-state index contributed by atoms with van der Waals surface area (Å²) in [7, 11) is 0. The molecule has 0 fully saturated rings. The van der Waals surface area contributed by atoms with Crippen molar-refractivity contribution in [3.8, 4) is 6.07 Å². The van der Waals surface area contributed by atoms with Crippen LogP contribution in [0.5, 0.6) is 0 Å². The Balaban J connectivity index is 2.37. The molecule has 0 unspecified atom stereocenters. The molecule has 0 saturated carbocycles. The first kappa shape index (κ1) is 12.7. The number of nitriles is 1. The molecule has 2 aromatic carbocycles. The first-order valence-electron chi connectivity index (χ1n) is 5.02. The minimum absolute atomic E-state index is 0.183. The number of hydrogen-bond donors (Lipinski definition) is 1. The zero-order chi connectivity index (χ0) is 13.1. The van der Waals surface area contributed by atoms with Crippen LogP contribution >= 0.6 is 23.2 Å². The maximum atomic E-state index is 13.0. The second-order valence-electron chi connectivity index (χ2n) is 3.56. The van der Waals surface area contributed by atoms with Gasteiger partial charge in [0.2, 0.25) is 0 Å². The van der Waals surface area contributed by atoms with Crippen LogP contribution in [0.25, 0.3) is 0 Å². The van der Waals surface area contributed by atoms with E-state index in [0.717, 1.165) is 0 Å². The summed E-state index contributed by atoms with van der Waals surface area (Å²) in [5.41, 5.74) is 1.58. The molecule has 0 radical (unpaired) electrons. The van der Waals surface area contributed by atoms with Crippen molar-refractivity contribution in [3.05, 3.63) is 57.8 Å². The summed E-state index contributed by atoms with van der Waals surface area (Å²) in [5.74, 6) is -0.499. The fourth-order valence-electron chi connectivity index (χ4n) is 1.47. The predicted octanol–water partition coefficient (Wildman–Crippen LogP) is 4.75. The molecule has 2 aromatic rings. The Hall–Kier alpha value is -1.76. The Morgan fingerprint density at radius 1 is 1.11 bits per heavy atom.